The molecule has 0 fully saturated rings. The zero-order valence-corrected chi connectivity index (χ0v) is 20.1. The number of aromatic nitrogens is 2. The standard InChI is InChI=1S/C28H33N3O3/c1-4-10-24(32)18-30(19-26-15-9-16-33-26)20-27-22(3)29-31(23-12-6-5-7-13-23)28(27)34-25-14-8-11-21(2)17-25/h5-9,11-17,24,32H,4,10,18-20H2,1-3H3/t24-/m1/s1. The molecule has 0 bridgehead atoms. The maximum absolute atomic E-state index is 10.6. The van der Waals surface area contributed by atoms with Crippen LogP contribution in [0.2, 0.25) is 0 Å². The summed E-state index contributed by atoms with van der Waals surface area (Å²) in [4.78, 5) is 2.20. The Hall–Kier alpha value is -3.35. The minimum Gasteiger partial charge on any atom is -0.468 e. The molecule has 0 unspecified atom stereocenters. The van der Waals surface area contributed by atoms with Crippen LogP contribution in [0.1, 0.15) is 42.3 Å². The lowest BCUT2D eigenvalue weighted by Crippen LogP contribution is -2.31. The van der Waals surface area contributed by atoms with Crippen LogP contribution in [0.15, 0.2) is 77.4 Å². The van der Waals surface area contributed by atoms with E-state index in [-0.39, 0.29) is 0 Å². The Morgan fingerprint density at radius 3 is 2.56 bits per heavy atom. The van der Waals surface area contributed by atoms with Gasteiger partial charge in [0.1, 0.15) is 11.5 Å². The number of aliphatic hydroxyl groups excluding tert-OH is 1. The van der Waals surface area contributed by atoms with E-state index in [0.29, 0.717) is 25.5 Å². The minimum absolute atomic E-state index is 0.412. The van der Waals surface area contributed by atoms with Crippen LogP contribution in [-0.2, 0) is 13.1 Å². The molecule has 0 radical (unpaired) electrons. The molecule has 4 rings (SSSR count). The van der Waals surface area contributed by atoms with Crippen LogP contribution in [0, 0.1) is 13.8 Å². The van der Waals surface area contributed by atoms with Gasteiger partial charge in [-0.05, 0) is 62.2 Å². The van der Waals surface area contributed by atoms with E-state index >= 15 is 0 Å². The molecule has 0 amide bonds. The molecule has 0 aliphatic heterocycles. The van der Waals surface area contributed by atoms with Gasteiger partial charge in [0.15, 0.2) is 0 Å². The first-order chi connectivity index (χ1) is 16.5. The second kappa shape index (κ2) is 11.2. The van der Waals surface area contributed by atoms with Gasteiger partial charge in [-0.15, -0.1) is 0 Å². The Morgan fingerprint density at radius 2 is 1.85 bits per heavy atom. The molecule has 6 nitrogen and oxygen atoms in total. The number of hydrogen-bond acceptors (Lipinski definition) is 5. The Kier molecular flexibility index (Phi) is 7.83. The minimum atomic E-state index is -0.412. The van der Waals surface area contributed by atoms with E-state index in [9.17, 15) is 5.11 Å². The fraction of sp³-hybridized carbons (Fsp3) is 0.321. The molecule has 1 atom stereocenters. The van der Waals surface area contributed by atoms with Gasteiger partial charge in [-0.1, -0.05) is 43.7 Å². The first-order valence-corrected chi connectivity index (χ1v) is 11.8. The summed E-state index contributed by atoms with van der Waals surface area (Å²) in [6, 6.07) is 21.9. The van der Waals surface area contributed by atoms with E-state index in [2.05, 4.69) is 11.8 Å². The molecule has 1 N–H and O–H groups in total. The maximum Gasteiger partial charge on any atom is 0.227 e. The molecule has 2 heterocycles. The van der Waals surface area contributed by atoms with Crippen molar-refractivity contribution in [2.75, 3.05) is 6.54 Å². The molecular formula is C28H33N3O3. The molecular weight excluding hydrogens is 426 g/mol. The van der Waals surface area contributed by atoms with Gasteiger partial charge in [-0.2, -0.15) is 5.10 Å². The van der Waals surface area contributed by atoms with Crippen LogP contribution < -0.4 is 4.74 Å². The highest BCUT2D eigenvalue weighted by Crippen LogP contribution is 2.32. The normalized spacial score (nSPS) is 12.3. The summed E-state index contributed by atoms with van der Waals surface area (Å²) >= 11 is 0. The summed E-state index contributed by atoms with van der Waals surface area (Å²) < 4.78 is 13.9. The number of furan rings is 1. The van der Waals surface area contributed by atoms with Gasteiger partial charge in [0.2, 0.25) is 5.88 Å². The molecule has 4 aromatic rings. The van der Waals surface area contributed by atoms with Crippen LogP contribution in [-0.4, -0.2) is 32.4 Å². The number of aryl methyl sites for hydroxylation is 2. The average Bonchev–Trinajstić information content (AvgIpc) is 3.43. The number of aliphatic hydroxyl groups is 1. The molecule has 0 saturated heterocycles. The SMILES string of the molecule is CCC[C@@H](O)CN(Cc1ccco1)Cc1c(C)nn(-c2ccccc2)c1Oc1cccc(C)c1. The van der Waals surface area contributed by atoms with Gasteiger partial charge >= 0.3 is 0 Å². The van der Waals surface area contributed by atoms with Crippen molar-refractivity contribution in [2.24, 2.45) is 0 Å². The van der Waals surface area contributed by atoms with Crippen LogP contribution >= 0.6 is 0 Å². The molecule has 34 heavy (non-hydrogen) atoms. The lowest BCUT2D eigenvalue weighted by Gasteiger charge is -2.24. The smallest absolute Gasteiger partial charge is 0.227 e. The number of benzene rings is 2. The molecule has 0 spiro atoms. The Labute approximate surface area is 201 Å². The lowest BCUT2D eigenvalue weighted by molar-refractivity contribution is 0.0927. The second-order valence-corrected chi connectivity index (χ2v) is 8.73. The topological polar surface area (TPSA) is 63.7 Å². The van der Waals surface area contributed by atoms with Gasteiger partial charge in [-0.3, -0.25) is 4.90 Å². The van der Waals surface area contributed by atoms with Crippen molar-refractivity contribution < 1.29 is 14.3 Å². The van der Waals surface area contributed by atoms with Gasteiger partial charge in [0.25, 0.3) is 0 Å². The first-order valence-electron chi connectivity index (χ1n) is 11.8. The zero-order chi connectivity index (χ0) is 23.9. The van der Waals surface area contributed by atoms with Crippen molar-refractivity contribution in [2.45, 2.75) is 52.8 Å². The summed E-state index contributed by atoms with van der Waals surface area (Å²) in [5.41, 5.74) is 3.94. The Morgan fingerprint density at radius 1 is 1.03 bits per heavy atom. The van der Waals surface area contributed by atoms with Crippen molar-refractivity contribution >= 4 is 0 Å². The predicted octanol–water partition coefficient (Wildman–Crippen LogP) is 6.04. The van der Waals surface area contributed by atoms with E-state index in [1.165, 1.54) is 0 Å². The van der Waals surface area contributed by atoms with Crippen LogP contribution in [0.4, 0.5) is 0 Å². The first kappa shape index (κ1) is 23.8. The summed E-state index contributed by atoms with van der Waals surface area (Å²) in [7, 11) is 0. The average molecular weight is 460 g/mol. The zero-order valence-electron chi connectivity index (χ0n) is 20.1. The molecule has 2 aromatic carbocycles. The van der Waals surface area contributed by atoms with Crippen LogP contribution in [0.25, 0.3) is 5.69 Å². The van der Waals surface area contributed by atoms with Crippen molar-refractivity contribution in [3.05, 3.63) is 95.6 Å². The van der Waals surface area contributed by atoms with E-state index in [1.54, 1.807) is 6.26 Å². The quantitative estimate of drug-likeness (QED) is 0.296. The third-order valence-corrected chi connectivity index (χ3v) is 5.77. The van der Waals surface area contributed by atoms with E-state index in [0.717, 1.165) is 46.9 Å². The summed E-state index contributed by atoms with van der Waals surface area (Å²) in [6.07, 6.45) is 2.96. The Balaban J connectivity index is 1.71. The monoisotopic (exact) mass is 459 g/mol. The highest BCUT2D eigenvalue weighted by atomic mass is 16.5. The summed E-state index contributed by atoms with van der Waals surface area (Å²) in [5.74, 6) is 2.31. The third kappa shape index (κ3) is 5.95. The summed E-state index contributed by atoms with van der Waals surface area (Å²) in [5, 5.41) is 15.4. The van der Waals surface area contributed by atoms with Crippen LogP contribution in [0.3, 0.4) is 0 Å². The fourth-order valence-corrected chi connectivity index (χ4v) is 4.11. The number of nitrogens with zero attached hydrogens (tertiary/aromatic N) is 3. The van der Waals surface area contributed by atoms with Crippen molar-refractivity contribution in [3.8, 4) is 17.3 Å². The predicted molar refractivity (Wildman–Crippen MR) is 133 cm³/mol. The second-order valence-electron chi connectivity index (χ2n) is 8.73. The highest BCUT2D eigenvalue weighted by Gasteiger charge is 2.23. The fourth-order valence-electron chi connectivity index (χ4n) is 4.11. The number of hydrogen-bond donors (Lipinski definition) is 1. The molecule has 0 aliphatic carbocycles. The van der Waals surface area contributed by atoms with Gasteiger partial charge in [0.05, 0.1) is 35.9 Å². The van der Waals surface area contributed by atoms with E-state index in [1.807, 2.05) is 85.3 Å². The molecule has 6 heteroatoms. The van der Waals surface area contributed by atoms with Crippen LogP contribution in [0.5, 0.6) is 11.6 Å². The summed E-state index contributed by atoms with van der Waals surface area (Å²) in [6.45, 7) is 7.84. The van der Waals surface area contributed by atoms with E-state index in [4.69, 9.17) is 14.3 Å². The van der Waals surface area contributed by atoms with E-state index < -0.39 is 6.10 Å². The van der Waals surface area contributed by atoms with Gasteiger partial charge < -0.3 is 14.3 Å². The Bertz CT molecular complexity index is 1170. The molecule has 0 saturated carbocycles. The molecule has 2 aromatic heterocycles. The van der Waals surface area contributed by atoms with Crippen molar-refractivity contribution in [1.82, 2.24) is 14.7 Å². The third-order valence-electron chi connectivity index (χ3n) is 5.77. The highest BCUT2D eigenvalue weighted by molar-refractivity contribution is 5.43. The van der Waals surface area contributed by atoms with Crippen molar-refractivity contribution in [1.29, 1.82) is 0 Å². The molecule has 0 aliphatic rings. The lowest BCUT2D eigenvalue weighted by atomic mass is 10.1. The largest absolute Gasteiger partial charge is 0.468 e. The number of para-hydroxylation sites is 1. The number of ether oxygens (including phenoxy) is 1. The van der Waals surface area contributed by atoms with Gasteiger partial charge in [-0.25, -0.2) is 4.68 Å². The van der Waals surface area contributed by atoms with Crippen molar-refractivity contribution in [3.63, 3.8) is 0 Å². The maximum atomic E-state index is 10.6. The number of rotatable bonds is 11. The molecule has 178 valence electrons. The van der Waals surface area contributed by atoms with Gasteiger partial charge in [0, 0.05) is 13.1 Å².